The second-order valence-electron chi connectivity index (χ2n) is 7.42. The number of rotatable bonds is 7. The van der Waals surface area contributed by atoms with Gasteiger partial charge in [0.15, 0.2) is 0 Å². The summed E-state index contributed by atoms with van der Waals surface area (Å²) < 4.78 is 1.97. The summed E-state index contributed by atoms with van der Waals surface area (Å²) >= 11 is 0. The van der Waals surface area contributed by atoms with Gasteiger partial charge in [0.2, 0.25) is 5.91 Å². The second kappa shape index (κ2) is 7.00. The molecule has 2 aliphatic rings. The highest BCUT2D eigenvalue weighted by Crippen LogP contribution is 2.47. The van der Waals surface area contributed by atoms with Crippen molar-refractivity contribution in [2.24, 2.45) is 0 Å². The average molecular weight is 338 g/mol. The lowest BCUT2D eigenvalue weighted by molar-refractivity contribution is -0.122. The molecule has 1 saturated heterocycles. The third-order valence-electron chi connectivity index (χ3n) is 5.67. The van der Waals surface area contributed by atoms with Gasteiger partial charge in [-0.05, 0) is 43.9 Å². The summed E-state index contributed by atoms with van der Waals surface area (Å²) in [6.45, 7) is 3.13. The zero-order chi connectivity index (χ0) is 17.1. The van der Waals surface area contributed by atoms with E-state index in [1.54, 1.807) is 0 Å². The summed E-state index contributed by atoms with van der Waals surface area (Å²) in [5.41, 5.74) is 1.53. The van der Waals surface area contributed by atoms with E-state index in [1.165, 1.54) is 18.4 Å². The Kier molecular flexibility index (Phi) is 4.57. The number of amides is 1. The molecule has 5 heteroatoms. The maximum atomic E-state index is 12.5. The Morgan fingerprint density at radius 3 is 2.80 bits per heavy atom. The topological polar surface area (TPSA) is 50.2 Å². The van der Waals surface area contributed by atoms with Crippen LogP contribution in [-0.2, 0) is 16.8 Å². The van der Waals surface area contributed by atoms with E-state index in [1.807, 2.05) is 29.2 Å². The van der Waals surface area contributed by atoms with Crippen molar-refractivity contribution in [3.05, 3.63) is 54.4 Å². The van der Waals surface area contributed by atoms with Crippen LogP contribution >= 0.6 is 0 Å². The van der Waals surface area contributed by atoms with Crippen molar-refractivity contribution in [3.63, 3.8) is 0 Å². The fraction of sp³-hybridized carbons (Fsp3) is 0.500. The van der Waals surface area contributed by atoms with Crippen molar-refractivity contribution in [1.82, 2.24) is 20.0 Å². The maximum Gasteiger partial charge on any atom is 0.234 e. The van der Waals surface area contributed by atoms with Crippen molar-refractivity contribution in [3.8, 4) is 0 Å². The number of carbonyl (C=O) groups is 1. The molecule has 0 bridgehead atoms. The number of benzene rings is 1. The maximum absolute atomic E-state index is 12.5. The molecule has 1 amide bonds. The third-order valence-corrected chi connectivity index (χ3v) is 5.67. The van der Waals surface area contributed by atoms with Gasteiger partial charge in [0, 0.05) is 30.4 Å². The molecule has 1 aromatic heterocycles. The highest BCUT2D eigenvalue weighted by Gasteiger charge is 2.44. The van der Waals surface area contributed by atoms with Crippen LogP contribution in [0.25, 0.3) is 0 Å². The van der Waals surface area contributed by atoms with E-state index in [9.17, 15) is 4.79 Å². The Morgan fingerprint density at radius 2 is 2.08 bits per heavy atom. The lowest BCUT2D eigenvalue weighted by atomic mass is 9.96. The molecule has 1 aliphatic carbocycles. The number of aromatic nitrogens is 2. The molecule has 5 nitrogen and oxygen atoms in total. The van der Waals surface area contributed by atoms with E-state index in [-0.39, 0.29) is 11.3 Å². The summed E-state index contributed by atoms with van der Waals surface area (Å²) in [6.07, 6.45) is 8.44. The summed E-state index contributed by atoms with van der Waals surface area (Å²) in [4.78, 5) is 14.8. The number of hydrogen-bond acceptors (Lipinski definition) is 3. The highest BCUT2D eigenvalue weighted by atomic mass is 16.2. The predicted molar refractivity (Wildman–Crippen MR) is 97.2 cm³/mol. The first-order chi connectivity index (χ1) is 12.3. The monoisotopic (exact) mass is 338 g/mol. The summed E-state index contributed by atoms with van der Waals surface area (Å²) in [5, 5.41) is 7.48. The highest BCUT2D eigenvalue weighted by molar-refractivity contribution is 5.78. The van der Waals surface area contributed by atoms with Crippen LogP contribution in [-0.4, -0.2) is 46.3 Å². The van der Waals surface area contributed by atoms with Crippen molar-refractivity contribution in [1.29, 1.82) is 0 Å². The SMILES string of the molecule is O=C(CN1CCC[C@H]1Cn1cccn1)NCC1(c2ccccc2)CC1. The van der Waals surface area contributed by atoms with Gasteiger partial charge in [-0.1, -0.05) is 30.3 Å². The van der Waals surface area contributed by atoms with Crippen molar-refractivity contribution >= 4 is 5.91 Å². The van der Waals surface area contributed by atoms with Gasteiger partial charge in [-0.25, -0.2) is 0 Å². The molecule has 1 aromatic carbocycles. The number of carbonyl (C=O) groups excluding carboxylic acids is 1. The van der Waals surface area contributed by atoms with Gasteiger partial charge in [0.1, 0.15) is 0 Å². The molecule has 0 unspecified atom stereocenters. The molecule has 1 aliphatic heterocycles. The van der Waals surface area contributed by atoms with E-state index >= 15 is 0 Å². The van der Waals surface area contributed by atoms with Gasteiger partial charge in [-0.15, -0.1) is 0 Å². The minimum absolute atomic E-state index is 0.148. The predicted octanol–water partition coefficient (Wildman–Crippen LogP) is 2.20. The first-order valence-corrected chi connectivity index (χ1v) is 9.29. The Balaban J connectivity index is 1.29. The zero-order valence-electron chi connectivity index (χ0n) is 14.6. The van der Waals surface area contributed by atoms with Crippen LogP contribution in [0.5, 0.6) is 0 Å². The Bertz CT molecular complexity index is 694. The van der Waals surface area contributed by atoms with Gasteiger partial charge in [-0.3, -0.25) is 14.4 Å². The molecule has 2 aromatic rings. The summed E-state index contributed by atoms with van der Waals surface area (Å²) in [6, 6.07) is 12.9. The van der Waals surface area contributed by atoms with Crippen molar-refractivity contribution in [2.45, 2.75) is 43.7 Å². The smallest absolute Gasteiger partial charge is 0.234 e. The van der Waals surface area contributed by atoms with Gasteiger partial charge in [0.05, 0.1) is 13.1 Å². The molecule has 1 N–H and O–H groups in total. The zero-order valence-corrected chi connectivity index (χ0v) is 14.6. The fourth-order valence-corrected chi connectivity index (χ4v) is 3.95. The molecule has 25 heavy (non-hydrogen) atoms. The molecule has 1 saturated carbocycles. The Labute approximate surface area is 149 Å². The van der Waals surface area contributed by atoms with Gasteiger partial charge in [0.25, 0.3) is 0 Å². The molecule has 132 valence electrons. The van der Waals surface area contributed by atoms with Crippen LogP contribution in [0.4, 0.5) is 0 Å². The minimum atomic E-state index is 0.148. The van der Waals surface area contributed by atoms with Crippen LogP contribution in [0.15, 0.2) is 48.8 Å². The third kappa shape index (κ3) is 3.76. The summed E-state index contributed by atoms with van der Waals surface area (Å²) in [7, 11) is 0. The van der Waals surface area contributed by atoms with Crippen molar-refractivity contribution in [2.75, 3.05) is 19.6 Å². The van der Waals surface area contributed by atoms with Gasteiger partial charge < -0.3 is 5.32 Å². The molecule has 2 fully saturated rings. The molecule has 1 atom stereocenters. The first-order valence-electron chi connectivity index (χ1n) is 9.29. The van der Waals surface area contributed by atoms with E-state index in [4.69, 9.17) is 0 Å². The molecule has 0 radical (unpaired) electrons. The van der Waals surface area contributed by atoms with E-state index < -0.39 is 0 Å². The lowest BCUT2D eigenvalue weighted by Crippen LogP contribution is -2.43. The van der Waals surface area contributed by atoms with E-state index in [0.717, 1.165) is 32.5 Å². The molecular weight excluding hydrogens is 312 g/mol. The van der Waals surface area contributed by atoms with Crippen LogP contribution in [0, 0.1) is 0 Å². The lowest BCUT2D eigenvalue weighted by Gasteiger charge is -2.24. The molecule has 0 spiro atoms. The minimum Gasteiger partial charge on any atom is -0.354 e. The Morgan fingerprint density at radius 1 is 1.24 bits per heavy atom. The largest absolute Gasteiger partial charge is 0.354 e. The van der Waals surface area contributed by atoms with Gasteiger partial charge >= 0.3 is 0 Å². The Hall–Kier alpha value is -2.14. The number of hydrogen-bond donors (Lipinski definition) is 1. The molecule has 4 rings (SSSR count). The van der Waals surface area contributed by atoms with Gasteiger partial charge in [-0.2, -0.15) is 5.10 Å². The fourth-order valence-electron chi connectivity index (χ4n) is 3.95. The first kappa shape index (κ1) is 16.3. The molecular formula is C20H26N4O. The summed E-state index contributed by atoms with van der Waals surface area (Å²) in [5.74, 6) is 0.148. The van der Waals surface area contributed by atoms with Crippen LogP contribution < -0.4 is 5.32 Å². The number of likely N-dealkylation sites (tertiary alicyclic amines) is 1. The quantitative estimate of drug-likeness (QED) is 0.842. The van der Waals surface area contributed by atoms with Crippen molar-refractivity contribution < 1.29 is 4.79 Å². The van der Waals surface area contributed by atoms with E-state index in [0.29, 0.717) is 12.6 Å². The second-order valence-corrected chi connectivity index (χ2v) is 7.42. The standard InChI is InChI=1S/C20H26N4O/c25-19(21-16-20(9-10-20)17-6-2-1-3-7-17)15-23-12-4-8-18(23)14-24-13-5-11-22-24/h1-3,5-7,11,13,18H,4,8-10,12,14-16H2,(H,21,25)/t18-/m0/s1. The molecule has 2 heterocycles. The number of nitrogens with one attached hydrogen (secondary N) is 1. The number of nitrogens with zero attached hydrogens (tertiary/aromatic N) is 3. The van der Waals surface area contributed by atoms with Crippen LogP contribution in [0.2, 0.25) is 0 Å². The average Bonchev–Trinajstić information content (AvgIpc) is 3.02. The van der Waals surface area contributed by atoms with Crippen LogP contribution in [0.3, 0.4) is 0 Å². The van der Waals surface area contributed by atoms with E-state index in [2.05, 4.69) is 39.6 Å². The normalized spacial score (nSPS) is 22.0. The van der Waals surface area contributed by atoms with Crippen LogP contribution in [0.1, 0.15) is 31.2 Å².